The first-order chi connectivity index (χ1) is 8.28. The van der Waals surface area contributed by atoms with Gasteiger partial charge < -0.3 is 15.3 Å². The van der Waals surface area contributed by atoms with Crippen LogP contribution in [0, 0.1) is 0 Å². The summed E-state index contributed by atoms with van der Waals surface area (Å²) in [6, 6.07) is 6.95. The highest BCUT2D eigenvalue weighted by Crippen LogP contribution is 2.12. The Morgan fingerprint density at radius 1 is 1.39 bits per heavy atom. The molecule has 2 N–H and O–H groups in total. The number of aromatic hydroxyl groups is 1. The Morgan fingerprint density at radius 3 is 2.61 bits per heavy atom. The lowest BCUT2D eigenvalue weighted by molar-refractivity contribution is -0.129. The van der Waals surface area contributed by atoms with E-state index in [4.69, 9.17) is 0 Å². The predicted molar refractivity (Wildman–Crippen MR) is 72.3 cm³/mol. The maximum atomic E-state index is 11.9. The van der Waals surface area contributed by atoms with Gasteiger partial charge in [0.25, 0.3) is 0 Å². The third-order valence-electron chi connectivity index (χ3n) is 2.53. The minimum atomic E-state index is -0.0679. The molecule has 0 fully saturated rings. The zero-order chi connectivity index (χ0) is 13.8. The van der Waals surface area contributed by atoms with Gasteiger partial charge in [0.1, 0.15) is 5.75 Å². The molecule has 1 aromatic carbocycles. The van der Waals surface area contributed by atoms with Crippen LogP contribution in [0.2, 0.25) is 0 Å². The van der Waals surface area contributed by atoms with Crippen LogP contribution >= 0.6 is 0 Å². The number of benzene rings is 1. The second-order valence-corrected chi connectivity index (χ2v) is 5.52. The molecule has 4 heteroatoms. The lowest BCUT2D eigenvalue weighted by atomic mass is 10.1. The summed E-state index contributed by atoms with van der Waals surface area (Å²) in [4.78, 5) is 13.5. The van der Waals surface area contributed by atoms with Crippen molar-refractivity contribution in [2.24, 2.45) is 0 Å². The number of phenols is 1. The molecule has 0 spiro atoms. The number of hydrogen-bond acceptors (Lipinski definition) is 3. The molecule has 100 valence electrons. The number of hydrogen-bond donors (Lipinski definition) is 2. The maximum Gasteiger partial charge on any atom is 0.236 e. The second-order valence-electron chi connectivity index (χ2n) is 5.52. The van der Waals surface area contributed by atoms with E-state index in [0.29, 0.717) is 13.1 Å². The molecular formula is C14H22N2O2. The van der Waals surface area contributed by atoms with Gasteiger partial charge in [-0.05, 0) is 38.5 Å². The Hall–Kier alpha value is -1.55. The number of carbonyl (C=O) groups excluding carboxylic acids is 1. The van der Waals surface area contributed by atoms with E-state index >= 15 is 0 Å². The van der Waals surface area contributed by atoms with E-state index in [1.165, 1.54) is 0 Å². The molecule has 0 bridgehead atoms. The molecule has 0 aliphatic rings. The minimum absolute atomic E-state index is 0.0354. The molecule has 1 amide bonds. The summed E-state index contributed by atoms with van der Waals surface area (Å²) in [6.45, 7) is 6.89. The van der Waals surface area contributed by atoms with E-state index in [-0.39, 0.29) is 17.2 Å². The molecule has 18 heavy (non-hydrogen) atoms. The first-order valence-corrected chi connectivity index (χ1v) is 6.05. The number of amides is 1. The van der Waals surface area contributed by atoms with Gasteiger partial charge in [0, 0.05) is 19.1 Å². The number of rotatable bonds is 4. The van der Waals surface area contributed by atoms with Crippen molar-refractivity contribution in [2.75, 3.05) is 13.6 Å². The maximum absolute atomic E-state index is 11.9. The third kappa shape index (κ3) is 5.19. The number of nitrogens with zero attached hydrogens (tertiary/aromatic N) is 1. The van der Waals surface area contributed by atoms with Gasteiger partial charge in [0.05, 0.1) is 6.54 Å². The highest BCUT2D eigenvalue weighted by Gasteiger charge is 2.14. The number of carbonyl (C=O) groups is 1. The van der Waals surface area contributed by atoms with Crippen molar-refractivity contribution >= 4 is 5.91 Å². The summed E-state index contributed by atoms with van der Waals surface area (Å²) in [6.07, 6.45) is 0. The number of phenolic OH excluding ortho intramolecular Hbond substituents is 1. The highest BCUT2D eigenvalue weighted by atomic mass is 16.3. The molecule has 1 rings (SSSR count). The van der Waals surface area contributed by atoms with Crippen molar-refractivity contribution in [3.8, 4) is 5.75 Å². The lowest BCUT2D eigenvalue weighted by Gasteiger charge is -2.23. The Bertz CT molecular complexity index is 411. The van der Waals surface area contributed by atoms with Gasteiger partial charge in [-0.25, -0.2) is 0 Å². The predicted octanol–water partition coefficient (Wildman–Crippen LogP) is 1.74. The molecule has 0 heterocycles. The van der Waals surface area contributed by atoms with Crippen LogP contribution in [0.25, 0.3) is 0 Å². The molecule has 0 radical (unpaired) electrons. The Morgan fingerprint density at radius 2 is 2.06 bits per heavy atom. The van der Waals surface area contributed by atoms with Gasteiger partial charge in [-0.1, -0.05) is 12.1 Å². The topological polar surface area (TPSA) is 52.6 Å². The monoisotopic (exact) mass is 250 g/mol. The molecule has 0 saturated carbocycles. The molecule has 0 aliphatic carbocycles. The van der Waals surface area contributed by atoms with Crippen LogP contribution in [-0.2, 0) is 11.3 Å². The zero-order valence-corrected chi connectivity index (χ0v) is 11.5. The molecule has 0 atom stereocenters. The summed E-state index contributed by atoms with van der Waals surface area (Å²) in [5.41, 5.74) is 0.850. The van der Waals surface area contributed by atoms with Crippen molar-refractivity contribution in [1.82, 2.24) is 10.2 Å². The first-order valence-electron chi connectivity index (χ1n) is 6.05. The van der Waals surface area contributed by atoms with Crippen LogP contribution in [0.15, 0.2) is 24.3 Å². The first kappa shape index (κ1) is 14.5. The van der Waals surface area contributed by atoms with Crippen molar-refractivity contribution in [3.05, 3.63) is 29.8 Å². The van der Waals surface area contributed by atoms with Crippen molar-refractivity contribution < 1.29 is 9.90 Å². The zero-order valence-electron chi connectivity index (χ0n) is 11.5. The lowest BCUT2D eigenvalue weighted by Crippen LogP contribution is -2.43. The summed E-state index contributed by atoms with van der Waals surface area (Å²) < 4.78 is 0. The van der Waals surface area contributed by atoms with Crippen LogP contribution in [0.5, 0.6) is 5.75 Å². The van der Waals surface area contributed by atoms with Crippen LogP contribution in [-0.4, -0.2) is 35.0 Å². The third-order valence-corrected chi connectivity index (χ3v) is 2.53. The molecule has 0 aromatic heterocycles. The molecule has 1 aromatic rings. The number of nitrogens with one attached hydrogen (secondary N) is 1. The number of likely N-dealkylation sites (N-methyl/N-ethyl adjacent to an activating group) is 1. The van der Waals surface area contributed by atoms with Gasteiger partial charge >= 0.3 is 0 Å². The van der Waals surface area contributed by atoms with Gasteiger partial charge in [0.15, 0.2) is 0 Å². The summed E-state index contributed by atoms with van der Waals surface area (Å²) in [5, 5.41) is 12.5. The Balaban J connectivity index is 2.50. The van der Waals surface area contributed by atoms with Gasteiger partial charge in [-0.15, -0.1) is 0 Å². The average molecular weight is 250 g/mol. The molecule has 0 saturated heterocycles. The fraction of sp³-hybridized carbons (Fsp3) is 0.500. The van der Waals surface area contributed by atoms with E-state index < -0.39 is 0 Å². The normalized spacial score (nSPS) is 11.3. The van der Waals surface area contributed by atoms with E-state index in [2.05, 4.69) is 5.32 Å². The summed E-state index contributed by atoms with van der Waals surface area (Å²) in [5.74, 6) is 0.259. The van der Waals surface area contributed by atoms with Crippen LogP contribution in [0.3, 0.4) is 0 Å². The SMILES string of the molecule is CN(Cc1cccc(O)c1)C(=O)CNC(C)(C)C. The molecular weight excluding hydrogens is 228 g/mol. The Kier molecular flexibility index (Phi) is 4.73. The highest BCUT2D eigenvalue weighted by molar-refractivity contribution is 5.78. The Labute approximate surface area is 109 Å². The summed E-state index contributed by atoms with van der Waals surface area (Å²) >= 11 is 0. The van der Waals surface area contributed by atoms with Crippen LogP contribution < -0.4 is 5.32 Å². The summed E-state index contributed by atoms with van der Waals surface area (Å²) in [7, 11) is 1.76. The van der Waals surface area contributed by atoms with Gasteiger partial charge in [-0.3, -0.25) is 4.79 Å². The largest absolute Gasteiger partial charge is 0.508 e. The van der Waals surface area contributed by atoms with Crippen molar-refractivity contribution in [1.29, 1.82) is 0 Å². The van der Waals surface area contributed by atoms with E-state index in [9.17, 15) is 9.90 Å². The average Bonchev–Trinajstić information content (AvgIpc) is 2.24. The van der Waals surface area contributed by atoms with Crippen LogP contribution in [0.1, 0.15) is 26.3 Å². The smallest absolute Gasteiger partial charge is 0.236 e. The fourth-order valence-electron chi connectivity index (χ4n) is 1.49. The quantitative estimate of drug-likeness (QED) is 0.856. The fourth-order valence-corrected chi connectivity index (χ4v) is 1.49. The second kappa shape index (κ2) is 5.87. The van der Waals surface area contributed by atoms with Crippen molar-refractivity contribution in [3.63, 3.8) is 0 Å². The molecule has 4 nitrogen and oxygen atoms in total. The molecule has 0 unspecified atom stereocenters. The van der Waals surface area contributed by atoms with E-state index in [1.807, 2.05) is 26.8 Å². The van der Waals surface area contributed by atoms with Gasteiger partial charge in [0.2, 0.25) is 5.91 Å². The van der Waals surface area contributed by atoms with E-state index in [0.717, 1.165) is 5.56 Å². The van der Waals surface area contributed by atoms with E-state index in [1.54, 1.807) is 30.1 Å². The minimum Gasteiger partial charge on any atom is -0.508 e. The van der Waals surface area contributed by atoms with Gasteiger partial charge in [-0.2, -0.15) is 0 Å². The molecule has 0 aliphatic heterocycles. The van der Waals surface area contributed by atoms with Crippen molar-refractivity contribution in [2.45, 2.75) is 32.9 Å². The standard InChI is InChI=1S/C14H22N2O2/c1-14(2,3)15-9-13(18)16(4)10-11-6-5-7-12(17)8-11/h5-8,15,17H,9-10H2,1-4H3. The van der Waals surface area contributed by atoms with Crippen LogP contribution in [0.4, 0.5) is 0 Å².